The minimum Gasteiger partial charge on any atom is -0.395 e. The standard InChI is InChI=1S/C19H32N4O6S2/c1-13-8-14(2)19(31(28,29)23-7-5-21-17(10-23)12-25)15(3)18(13)30(26,27)22-6-4-20-16(9-22)11-24/h8,16-17,20-21,24-25H,4-7,9-12H2,1-3H3. The van der Waals surface area contributed by atoms with Crippen molar-refractivity contribution in [2.24, 2.45) is 0 Å². The fourth-order valence-electron chi connectivity index (χ4n) is 4.47. The monoisotopic (exact) mass is 476 g/mol. The molecule has 1 aromatic carbocycles. The predicted molar refractivity (Wildman–Crippen MR) is 116 cm³/mol. The van der Waals surface area contributed by atoms with Crippen LogP contribution in [0.3, 0.4) is 0 Å². The maximum Gasteiger partial charge on any atom is 0.243 e. The number of hydrogen-bond acceptors (Lipinski definition) is 8. The van der Waals surface area contributed by atoms with Crippen LogP contribution < -0.4 is 10.6 Å². The smallest absolute Gasteiger partial charge is 0.243 e. The van der Waals surface area contributed by atoms with E-state index in [4.69, 9.17) is 0 Å². The molecule has 0 radical (unpaired) electrons. The summed E-state index contributed by atoms with van der Waals surface area (Å²) in [6.07, 6.45) is 0. The van der Waals surface area contributed by atoms with Crippen molar-refractivity contribution in [1.29, 1.82) is 0 Å². The van der Waals surface area contributed by atoms with Crippen molar-refractivity contribution in [3.63, 3.8) is 0 Å². The van der Waals surface area contributed by atoms with Gasteiger partial charge < -0.3 is 20.8 Å². The van der Waals surface area contributed by atoms with Crippen LogP contribution in [0.25, 0.3) is 0 Å². The number of hydrogen-bond donors (Lipinski definition) is 4. The molecule has 0 aromatic heterocycles. The van der Waals surface area contributed by atoms with Crippen LogP contribution in [0.15, 0.2) is 15.9 Å². The summed E-state index contributed by atoms with van der Waals surface area (Å²) in [6, 6.07) is 0.868. The van der Waals surface area contributed by atoms with E-state index in [-0.39, 0.29) is 66.8 Å². The van der Waals surface area contributed by atoms with Crippen molar-refractivity contribution >= 4 is 20.0 Å². The Labute approximate surface area is 184 Å². The topological polar surface area (TPSA) is 139 Å². The number of rotatable bonds is 6. The van der Waals surface area contributed by atoms with Crippen LogP contribution in [0.2, 0.25) is 0 Å². The normalized spacial score (nSPS) is 24.4. The van der Waals surface area contributed by atoms with Gasteiger partial charge in [0.05, 0.1) is 23.0 Å². The fraction of sp³-hybridized carbons (Fsp3) is 0.684. The van der Waals surface area contributed by atoms with Crippen molar-refractivity contribution in [3.05, 3.63) is 22.8 Å². The summed E-state index contributed by atoms with van der Waals surface area (Å²) in [5.74, 6) is 0. The second-order valence-electron chi connectivity index (χ2n) is 8.19. The molecule has 176 valence electrons. The van der Waals surface area contributed by atoms with Crippen molar-refractivity contribution < 1.29 is 27.0 Å². The maximum absolute atomic E-state index is 13.5. The van der Waals surface area contributed by atoms with E-state index in [1.165, 1.54) is 15.5 Å². The Morgan fingerprint density at radius 1 is 0.839 bits per heavy atom. The highest BCUT2D eigenvalue weighted by molar-refractivity contribution is 7.90. The molecule has 0 aliphatic carbocycles. The molecule has 2 atom stereocenters. The van der Waals surface area contributed by atoms with Gasteiger partial charge in [-0.3, -0.25) is 0 Å². The molecule has 2 saturated heterocycles. The molecular weight excluding hydrogens is 444 g/mol. The van der Waals surface area contributed by atoms with E-state index in [0.717, 1.165) is 0 Å². The highest BCUT2D eigenvalue weighted by atomic mass is 32.2. The number of benzene rings is 1. The van der Waals surface area contributed by atoms with Gasteiger partial charge in [0, 0.05) is 51.4 Å². The van der Waals surface area contributed by atoms with E-state index in [0.29, 0.717) is 24.2 Å². The highest BCUT2D eigenvalue weighted by Gasteiger charge is 2.37. The molecule has 2 unspecified atom stereocenters. The molecule has 0 spiro atoms. The number of piperazine rings is 2. The van der Waals surface area contributed by atoms with Crippen molar-refractivity contribution in [2.45, 2.75) is 42.6 Å². The zero-order valence-corrected chi connectivity index (χ0v) is 19.8. The molecule has 3 rings (SSSR count). The van der Waals surface area contributed by atoms with E-state index < -0.39 is 20.0 Å². The van der Waals surface area contributed by atoms with E-state index in [9.17, 15) is 27.0 Å². The number of aryl methyl sites for hydroxylation is 2. The molecule has 2 aliphatic heterocycles. The first-order valence-corrected chi connectivity index (χ1v) is 13.2. The summed E-state index contributed by atoms with van der Waals surface area (Å²) in [7, 11) is -7.93. The highest BCUT2D eigenvalue weighted by Crippen LogP contribution is 2.33. The minimum absolute atomic E-state index is 0.00380. The lowest BCUT2D eigenvalue weighted by molar-refractivity contribution is 0.195. The van der Waals surface area contributed by atoms with Gasteiger partial charge >= 0.3 is 0 Å². The molecule has 0 saturated carbocycles. The number of sulfonamides is 2. The molecule has 2 aliphatic rings. The Bertz CT molecular complexity index is 950. The molecule has 0 bridgehead atoms. The number of aliphatic hydroxyl groups excluding tert-OH is 2. The first-order valence-electron chi connectivity index (χ1n) is 10.3. The Hall–Kier alpha value is -1.12. The van der Waals surface area contributed by atoms with Crippen LogP contribution in [0.4, 0.5) is 0 Å². The van der Waals surface area contributed by atoms with E-state index >= 15 is 0 Å². The van der Waals surface area contributed by atoms with Crippen molar-refractivity contribution in [2.75, 3.05) is 52.5 Å². The summed E-state index contributed by atoms with van der Waals surface area (Å²) in [5, 5.41) is 25.0. The van der Waals surface area contributed by atoms with Crippen LogP contribution in [0, 0.1) is 20.8 Å². The third kappa shape index (κ3) is 4.67. The Balaban J connectivity index is 2.08. The largest absolute Gasteiger partial charge is 0.395 e. The van der Waals surface area contributed by atoms with Crippen LogP contribution in [0.1, 0.15) is 16.7 Å². The predicted octanol–water partition coefficient (Wildman–Crippen LogP) is -1.48. The summed E-state index contributed by atoms with van der Waals surface area (Å²) in [4.78, 5) is 0.00761. The van der Waals surface area contributed by atoms with Crippen molar-refractivity contribution in [3.8, 4) is 0 Å². The van der Waals surface area contributed by atoms with Crippen LogP contribution in [-0.4, -0.2) is 100 Å². The van der Waals surface area contributed by atoms with Gasteiger partial charge in [0.1, 0.15) is 0 Å². The van der Waals surface area contributed by atoms with Gasteiger partial charge in [-0.2, -0.15) is 8.61 Å². The van der Waals surface area contributed by atoms with Gasteiger partial charge in [-0.05, 0) is 37.5 Å². The summed E-state index contributed by atoms with van der Waals surface area (Å²) in [6.45, 7) is 6.02. The Kier molecular flexibility index (Phi) is 7.43. The van der Waals surface area contributed by atoms with Gasteiger partial charge in [0.15, 0.2) is 0 Å². The summed E-state index contributed by atoms with van der Waals surface area (Å²) < 4.78 is 56.7. The van der Waals surface area contributed by atoms with Crippen LogP contribution in [-0.2, 0) is 20.0 Å². The average Bonchev–Trinajstić information content (AvgIpc) is 2.73. The van der Waals surface area contributed by atoms with E-state index in [2.05, 4.69) is 10.6 Å². The number of aliphatic hydroxyl groups is 2. The van der Waals surface area contributed by atoms with Gasteiger partial charge in [-0.25, -0.2) is 16.8 Å². The zero-order chi connectivity index (χ0) is 23.0. The summed E-state index contributed by atoms with van der Waals surface area (Å²) in [5.41, 5.74) is 1.18. The second-order valence-corrected chi connectivity index (χ2v) is 11.9. The third-order valence-electron chi connectivity index (χ3n) is 5.90. The quantitative estimate of drug-likeness (QED) is 0.390. The van der Waals surface area contributed by atoms with E-state index in [1.54, 1.807) is 19.9 Å². The SMILES string of the molecule is Cc1cc(C)c(S(=O)(=O)N2CCNC(CO)C2)c(C)c1S(=O)(=O)N1CCNC(CO)C1. The maximum atomic E-state index is 13.5. The van der Waals surface area contributed by atoms with Gasteiger partial charge in [0.2, 0.25) is 20.0 Å². The van der Waals surface area contributed by atoms with Gasteiger partial charge in [0.25, 0.3) is 0 Å². The van der Waals surface area contributed by atoms with Crippen LogP contribution >= 0.6 is 0 Å². The fourth-order valence-corrected chi connectivity index (χ4v) is 8.38. The van der Waals surface area contributed by atoms with Crippen molar-refractivity contribution in [1.82, 2.24) is 19.2 Å². The average molecular weight is 477 g/mol. The molecule has 31 heavy (non-hydrogen) atoms. The molecule has 0 amide bonds. The Morgan fingerprint density at radius 3 is 1.58 bits per heavy atom. The Morgan fingerprint density at radius 2 is 1.23 bits per heavy atom. The second kappa shape index (κ2) is 9.40. The number of nitrogens with zero attached hydrogens (tertiary/aromatic N) is 2. The van der Waals surface area contributed by atoms with Crippen LogP contribution in [0.5, 0.6) is 0 Å². The first kappa shape index (κ1) is 24.5. The molecular formula is C19H32N4O6S2. The van der Waals surface area contributed by atoms with E-state index in [1.807, 2.05) is 0 Å². The molecule has 4 N–H and O–H groups in total. The zero-order valence-electron chi connectivity index (χ0n) is 18.1. The van der Waals surface area contributed by atoms with Gasteiger partial charge in [-0.1, -0.05) is 6.07 Å². The molecule has 2 fully saturated rings. The molecule has 10 nitrogen and oxygen atoms in total. The third-order valence-corrected chi connectivity index (χ3v) is 10.2. The molecule has 1 aromatic rings. The summed E-state index contributed by atoms with van der Waals surface area (Å²) >= 11 is 0. The molecule has 2 heterocycles. The number of nitrogens with one attached hydrogen (secondary N) is 2. The minimum atomic E-state index is -3.97. The lowest BCUT2D eigenvalue weighted by atomic mass is 10.1. The van der Waals surface area contributed by atoms with Gasteiger partial charge in [-0.15, -0.1) is 0 Å². The lowest BCUT2D eigenvalue weighted by Crippen LogP contribution is -2.54. The molecule has 12 heteroatoms. The lowest BCUT2D eigenvalue weighted by Gasteiger charge is -2.34. The first-order chi connectivity index (χ1) is 14.5.